The van der Waals surface area contributed by atoms with Gasteiger partial charge in [0.1, 0.15) is 28.2 Å². The van der Waals surface area contributed by atoms with Crippen LogP contribution in [0.2, 0.25) is 0 Å². The smallest absolute Gasteiger partial charge is 0.228 e. The summed E-state index contributed by atoms with van der Waals surface area (Å²) < 4.78 is 6.65. The molecule has 0 atom stereocenters. The van der Waals surface area contributed by atoms with Gasteiger partial charge in [0.15, 0.2) is 0 Å². The number of benzene rings is 12. The average molecular weight is 1860 g/mol. The van der Waals surface area contributed by atoms with Gasteiger partial charge < -0.3 is 74.6 Å². The molecule has 0 unspecified atom stereocenters. The minimum Gasteiger partial charge on any atom is -1.00 e. The van der Waals surface area contributed by atoms with Crippen molar-refractivity contribution in [3.63, 3.8) is 0 Å². The van der Waals surface area contributed by atoms with E-state index in [1.165, 1.54) is 107 Å². The molecule has 0 fully saturated rings. The number of fused-ring (bicyclic) bond motifs is 12. The molecule has 128 heavy (non-hydrogen) atoms. The number of rotatable bonds is 10. The van der Waals surface area contributed by atoms with E-state index in [9.17, 15) is 14.4 Å². The molecule has 6 aliphatic heterocycles. The second kappa shape index (κ2) is 42.4. The van der Waals surface area contributed by atoms with Gasteiger partial charge in [-0.25, -0.2) is 19.1 Å². The van der Waals surface area contributed by atoms with Gasteiger partial charge in [-0.05, 0) is 205 Å². The molecule has 2 N–H and O–H groups in total. The summed E-state index contributed by atoms with van der Waals surface area (Å²) in [7, 11) is 42.6. The van der Waals surface area contributed by atoms with Gasteiger partial charge in [-0.3, -0.25) is 24.2 Å². The molecule has 0 aromatic heterocycles. The quantitative estimate of drug-likeness (QED) is 0.0990. The number of hydrogen-bond donors (Lipinski definition) is 2. The van der Waals surface area contributed by atoms with Crippen LogP contribution in [0.15, 0.2) is 258 Å². The van der Waals surface area contributed by atoms with Crippen LogP contribution in [0.3, 0.4) is 0 Å². The molecule has 0 saturated heterocycles. The number of carbonyl (C=O) groups is 3. The molecular weight excluding hydrogens is 1750 g/mol. The third-order valence-electron chi connectivity index (χ3n) is 22.0. The van der Waals surface area contributed by atoms with Crippen molar-refractivity contribution in [2.24, 2.45) is 0 Å². The predicted molar refractivity (Wildman–Crippen MR) is 544 cm³/mol. The van der Waals surface area contributed by atoms with E-state index in [0.29, 0.717) is 0 Å². The van der Waals surface area contributed by atoms with Gasteiger partial charge in [-0.1, -0.05) is 71.3 Å². The Labute approximate surface area is 792 Å². The molecule has 0 spiro atoms. The fourth-order valence-corrected chi connectivity index (χ4v) is 21.1. The predicted octanol–water partition coefficient (Wildman–Crippen LogP) is 14.6. The lowest BCUT2D eigenvalue weighted by molar-refractivity contribution is -0.117. The Bertz CT molecular complexity index is 6410. The molecule has 666 valence electrons. The van der Waals surface area contributed by atoms with Gasteiger partial charge in [0, 0.05) is 261 Å². The van der Waals surface area contributed by atoms with Gasteiger partial charge in [0.2, 0.25) is 28.4 Å². The van der Waals surface area contributed by atoms with Gasteiger partial charge in [-0.2, -0.15) is 0 Å². The lowest BCUT2D eigenvalue weighted by Gasteiger charge is -2.32. The van der Waals surface area contributed by atoms with Crippen molar-refractivity contribution < 1.29 is 39.2 Å². The van der Waals surface area contributed by atoms with E-state index >= 15 is 0 Å². The number of nitrogens with zero attached hydrogens (tertiary/aromatic N) is 14. The number of aromatic nitrogens is 2. The summed E-state index contributed by atoms with van der Waals surface area (Å²) in [4.78, 5) is 77.8. The normalized spacial score (nSPS) is 11.8. The number of anilines is 14. The van der Waals surface area contributed by atoms with Crippen LogP contribution in [0.1, 0.15) is 43.0 Å². The van der Waals surface area contributed by atoms with Crippen molar-refractivity contribution in [2.75, 3.05) is 208 Å². The summed E-state index contributed by atoms with van der Waals surface area (Å²) in [6.07, 6.45) is 2.08. The van der Waals surface area contributed by atoms with E-state index in [1.807, 2.05) is 127 Å². The maximum absolute atomic E-state index is 12.3. The molecule has 8 aliphatic rings. The minimum atomic E-state index is -0.0342. The van der Waals surface area contributed by atoms with Crippen molar-refractivity contribution in [3.05, 3.63) is 251 Å². The van der Waals surface area contributed by atoms with Crippen molar-refractivity contribution in [1.29, 1.82) is 0 Å². The van der Waals surface area contributed by atoms with Crippen LogP contribution in [0, 0.1) is 0 Å². The highest BCUT2D eigenvalue weighted by molar-refractivity contribution is 8.00. The summed E-state index contributed by atoms with van der Waals surface area (Å²) in [5.74, 6) is -0.0319. The molecule has 0 saturated carbocycles. The Balaban J connectivity index is 0.000000149. The zero-order valence-electron chi connectivity index (χ0n) is 77.4. The molecule has 10 aromatic rings. The van der Waals surface area contributed by atoms with E-state index in [-0.39, 0.29) is 42.5 Å². The Hall–Kier alpha value is -11.1. The lowest BCUT2D eigenvalue weighted by atomic mass is 10.0. The van der Waals surface area contributed by atoms with Crippen molar-refractivity contribution in [1.82, 2.24) is 19.1 Å². The van der Waals surface area contributed by atoms with Crippen LogP contribution >= 0.6 is 69.7 Å². The van der Waals surface area contributed by atoms with E-state index in [0.717, 1.165) is 106 Å². The number of carbonyl (C=O) groups excluding carboxylic acids is 3. The third-order valence-corrected chi connectivity index (χ3v) is 28.8. The number of halogens is 2. The third kappa shape index (κ3) is 22.6. The van der Waals surface area contributed by atoms with Crippen LogP contribution in [0.25, 0.3) is 41.6 Å². The van der Waals surface area contributed by atoms with Crippen molar-refractivity contribution in [3.8, 4) is 21.1 Å². The first-order chi connectivity index (χ1) is 60.1. The van der Waals surface area contributed by atoms with Gasteiger partial charge in [-0.15, -0.1) is 22.7 Å². The monoisotopic (exact) mass is 1860 g/mol. The Morgan fingerprint density at radius 2 is 0.594 bits per heavy atom. The van der Waals surface area contributed by atoms with Gasteiger partial charge in [0.05, 0.1) is 64.3 Å². The maximum Gasteiger partial charge on any atom is 0.228 e. The molecule has 27 heteroatoms. The summed E-state index contributed by atoms with van der Waals surface area (Å²) >= 11 is 10.7. The van der Waals surface area contributed by atoms with Crippen LogP contribution in [0.5, 0.6) is 0 Å². The lowest BCUT2D eigenvalue weighted by Crippen LogP contribution is -3.00. The van der Waals surface area contributed by atoms with Crippen LogP contribution in [0.4, 0.5) is 79.6 Å². The van der Waals surface area contributed by atoms with Crippen LogP contribution in [-0.2, 0) is 27.2 Å². The van der Waals surface area contributed by atoms with Crippen molar-refractivity contribution in [2.45, 2.75) is 72.8 Å². The molecule has 3 amide bonds. The first kappa shape index (κ1) is 97.5. The Morgan fingerprint density at radius 1 is 0.320 bits per heavy atom. The second-order valence-electron chi connectivity index (χ2n) is 33.0. The fourth-order valence-electron chi connectivity index (χ4n) is 14.5. The second-order valence-corrected chi connectivity index (χ2v) is 39.5. The van der Waals surface area contributed by atoms with E-state index in [4.69, 9.17) is 9.97 Å². The molecular formula is C101H114Cl2N16O3S6. The standard InChI is InChI=1S/C19H21N3O2S.C18H21N3OS.C17H20N2S.C16H18N3S.C16H18N2S.C15H15N3S.2ClH/c1-12(23)21(5)15-7-9-17-19(11-15)25-18-10-14(20(3)4)6-8-16(18)22(17)13(2)24;1-12(22)21-15-8-6-13(19(2)3)10-17(15)23-18-11-14(20(4)5)7-9-16(18)21;1-18(2)14-7-5-12-9-13-6-8-15(19(3)4)11-17(13)20-16(12)10-14;1-18(2)11-5-7-13-15(9-11)20-16-10-12(19(3)4)6-8-14(16)17-13;1-17-13-6-4-11-8-12-5-7-14(18(2)3)10-16(12)19-15(11)9-13;1-16-10-4-6-12-14(8-10)19-15-9-11(18(2)3)5-7-13(15)17-12;;/h6-11H,1-5H3;6-11H,1-5H3;5-8,10-11H,9H2,1-4H3;5-10H,1-4H3;4-7,9-10,17H,8H2,1-3H3;4-9H,1-3H3;2*1H/q;;;+1;;;;/p-1. The first-order valence-corrected chi connectivity index (χ1v) is 46.4. The average Bonchev–Trinajstić information content (AvgIpc) is 0.756. The van der Waals surface area contributed by atoms with Crippen LogP contribution < -0.4 is 104 Å². The zero-order valence-corrected chi connectivity index (χ0v) is 83.8. The molecule has 10 aromatic carbocycles. The molecule has 6 heterocycles. The summed E-state index contributed by atoms with van der Waals surface area (Å²) in [6, 6.07) is 76.7. The Morgan fingerprint density at radius 3 is 0.930 bits per heavy atom. The topological polar surface area (TPSA) is 139 Å². The Kier molecular flexibility index (Phi) is 32.3. The summed E-state index contributed by atoms with van der Waals surface area (Å²) in [5, 5.41) is 8.79. The molecule has 2 aliphatic carbocycles. The first-order valence-electron chi connectivity index (χ1n) is 41.5. The molecule has 19 nitrogen and oxygen atoms in total. The van der Waals surface area contributed by atoms with Gasteiger partial charge >= 0.3 is 0 Å². The highest BCUT2D eigenvalue weighted by Gasteiger charge is 2.30. The van der Waals surface area contributed by atoms with E-state index in [2.05, 4.69) is 310 Å². The molecule has 18 rings (SSSR count). The molecule has 0 radical (unpaired) electrons. The SMILES string of the molecule is CC(=O)N(C)c1ccc2c(c1)Sc1cc(N(C)C)ccc1N2C(C)=O.CC(=O)N1c2ccc(N(C)C)cc2Sc2cc(N(C)C)ccc21.CN(C)c1ccc2c(c1)Sc1cc(N(C)C)ccc1C2.CN(C)c1ccc2nc3ccc(=[N+](C)C)cc-3sc2c1.CNc1ccc2c(c1)Sc1cc(N(C)C)ccc1C2.CNc1ccc2nc3ccc(=[N+](C)C)cc-3sc2c1.[Cl-].[Cl-]. The number of nitrogens with one attached hydrogen (secondary N) is 2. The minimum absolute atomic E-state index is 0. The van der Waals surface area contributed by atoms with Gasteiger partial charge in [0.25, 0.3) is 0 Å². The highest BCUT2D eigenvalue weighted by atomic mass is 35.5. The number of hydrogen-bond acceptors (Lipinski definition) is 20. The van der Waals surface area contributed by atoms with E-state index in [1.54, 1.807) is 81.8 Å². The summed E-state index contributed by atoms with van der Waals surface area (Å²) in [6.45, 7) is 4.72. The summed E-state index contributed by atoms with van der Waals surface area (Å²) in [5.41, 5.74) is 25.1. The molecule has 0 bridgehead atoms. The van der Waals surface area contributed by atoms with E-state index < -0.39 is 0 Å². The maximum atomic E-state index is 12.3. The zero-order chi connectivity index (χ0) is 90.4. The van der Waals surface area contributed by atoms with Crippen LogP contribution in [-0.4, -0.2) is 176 Å². The fraction of sp³-hybridized carbons (Fsp3) is 0.257. The highest BCUT2D eigenvalue weighted by Crippen LogP contribution is 2.53. The van der Waals surface area contributed by atoms with Crippen molar-refractivity contribution >= 4 is 187 Å². The number of amides is 3. The largest absolute Gasteiger partial charge is 1.00 e.